The van der Waals surface area contributed by atoms with Crippen LogP contribution < -0.4 is 5.32 Å². The molecule has 0 amide bonds. The van der Waals surface area contributed by atoms with Gasteiger partial charge in [0.15, 0.2) is 0 Å². The number of aromatic amines is 1. The highest BCUT2D eigenvalue weighted by Gasteiger charge is 2.18. The number of nitriles is 1. The number of nitrogens with one attached hydrogen (secondary N) is 2. The average molecular weight is 340 g/mol. The average Bonchev–Trinajstić information content (AvgIpc) is 2.71. The molecule has 1 unspecified atom stereocenters. The summed E-state index contributed by atoms with van der Waals surface area (Å²) < 4.78 is 0.788. The predicted octanol–water partition coefficient (Wildman–Crippen LogP) is 4.12. The Morgan fingerprint density at radius 3 is 2.74 bits per heavy atom. The Kier molecular flexibility index (Phi) is 4.13. The molecular formula is C13H12BrClN4. The van der Waals surface area contributed by atoms with E-state index in [0.29, 0.717) is 5.02 Å². The van der Waals surface area contributed by atoms with Crippen molar-refractivity contribution >= 4 is 33.2 Å². The van der Waals surface area contributed by atoms with E-state index in [1.165, 1.54) is 0 Å². The van der Waals surface area contributed by atoms with Gasteiger partial charge in [-0.1, -0.05) is 11.6 Å². The van der Waals surface area contributed by atoms with Gasteiger partial charge in [0.2, 0.25) is 0 Å². The molecule has 98 valence electrons. The summed E-state index contributed by atoms with van der Waals surface area (Å²) in [7, 11) is 0. The van der Waals surface area contributed by atoms with Crippen molar-refractivity contribution in [2.45, 2.75) is 19.9 Å². The first-order chi connectivity index (χ1) is 9.02. The first-order valence-corrected chi connectivity index (χ1v) is 6.82. The highest BCUT2D eigenvalue weighted by Crippen LogP contribution is 2.29. The summed E-state index contributed by atoms with van der Waals surface area (Å²) in [5.74, 6) is 0. The predicted molar refractivity (Wildman–Crippen MR) is 79.2 cm³/mol. The van der Waals surface area contributed by atoms with Crippen molar-refractivity contribution < 1.29 is 0 Å². The first-order valence-electron chi connectivity index (χ1n) is 5.65. The Balaban J connectivity index is 2.30. The van der Waals surface area contributed by atoms with Gasteiger partial charge < -0.3 is 5.32 Å². The molecule has 1 aromatic heterocycles. The van der Waals surface area contributed by atoms with Gasteiger partial charge in [-0.3, -0.25) is 5.10 Å². The molecule has 4 nitrogen and oxygen atoms in total. The van der Waals surface area contributed by atoms with Gasteiger partial charge in [-0.25, -0.2) is 0 Å². The first kappa shape index (κ1) is 13.9. The van der Waals surface area contributed by atoms with Crippen LogP contribution in [0, 0.1) is 25.2 Å². The smallest absolute Gasteiger partial charge is 0.143 e. The molecule has 0 fully saturated rings. The van der Waals surface area contributed by atoms with Gasteiger partial charge in [0, 0.05) is 21.4 Å². The molecule has 0 saturated heterocycles. The molecule has 1 atom stereocenters. The minimum atomic E-state index is -0.452. The van der Waals surface area contributed by atoms with E-state index in [1.807, 2.05) is 26.0 Å². The van der Waals surface area contributed by atoms with Gasteiger partial charge in [-0.2, -0.15) is 10.4 Å². The van der Waals surface area contributed by atoms with E-state index in [9.17, 15) is 5.26 Å². The van der Waals surface area contributed by atoms with Crippen LogP contribution in [0.5, 0.6) is 0 Å². The van der Waals surface area contributed by atoms with Gasteiger partial charge in [0.1, 0.15) is 6.04 Å². The molecule has 0 aliphatic carbocycles. The maximum absolute atomic E-state index is 9.34. The Hall–Kier alpha value is -1.51. The minimum Gasteiger partial charge on any atom is -0.366 e. The fourth-order valence-corrected chi connectivity index (χ4v) is 2.40. The lowest BCUT2D eigenvalue weighted by atomic mass is 10.1. The van der Waals surface area contributed by atoms with E-state index in [1.54, 1.807) is 6.07 Å². The molecule has 1 aromatic carbocycles. The Bertz CT molecular complexity index is 625. The summed E-state index contributed by atoms with van der Waals surface area (Å²) >= 11 is 9.31. The third-order valence-corrected chi connectivity index (χ3v) is 4.05. The minimum absolute atomic E-state index is 0.452. The zero-order valence-corrected chi connectivity index (χ0v) is 12.8. The highest BCUT2D eigenvalue weighted by molar-refractivity contribution is 9.10. The van der Waals surface area contributed by atoms with E-state index in [4.69, 9.17) is 11.6 Å². The summed E-state index contributed by atoms with van der Waals surface area (Å²) in [4.78, 5) is 0. The molecule has 0 aliphatic heterocycles. The Morgan fingerprint density at radius 1 is 1.47 bits per heavy atom. The number of aryl methyl sites for hydroxylation is 2. The van der Waals surface area contributed by atoms with Crippen LogP contribution in [0.1, 0.15) is 23.0 Å². The van der Waals surface area contributed by atoms with Crippen LogP contribution in [-0.2, 0) is 0 Å². The molecule has 1 heterocycles. The topological polar surface area (TPSA) is 64.5 Å². The zero-order valence-electron chi connectivity index (χ0n) is 10.5. The standard InChI is InChI=1S/C13H12BrClN4/c1-7-13(8(2)19-18-7)12(6-16)17-9-3-4-11(15)10(14)5-9/h3-5,12,17H,1-2H3,(H,18,19). The quantitative estimate of drug-likeness (QED) is 0.884. The number of halogens is 2. The monoisotopic (exact) mass is 338 g/mol. The third kappa shape index (κ3) is 2.91. The van der Waals surface area contributed by atoms with Crippen molar-refractivity contribution in [2.75, 3.05) is 5.32 Å². The fourth-order valence-electron chi connectivity index (χ4n) is 1.91. The lowest BCUT2D eigenvalue weighted by Gasteiger charge is -2.14. The number of nitrogens with zero attached hydrogens (tertiary/aromatic N) is 2. The van der Waals surface area contributed by atoms with Crippen LogP contribution in [0.3, 0.4) is 0 Å². The van der Waals surface area contributed by atoms with Crippen molar-refractivity contribution in [1.82, 2.24) is 10.2 Å². The maximum Gasteiger partial charge on any atom is 0.143 e. The van der Waals surface area contributed by atoms with Crippen molar-refractivity contribution in [1.29, 1.82) is 5.26 Å². The third-order valence-electron chi connectivity index (χ3n) is 2.83. The molecule has 0 saturated carbocycles. The SMILES string of the molecule is Cc1n[nH]c(C)c1C(C#N)Nc1ccc(Cl)c(Br)c1. The lowest BCUT2D eigenvalue weighted by molar-refractivity contribution is 0.968. The van der Waals surface area contributed by atoms with Crippen molar-refractivity contribution in [2.24, 2.45) is 0 Å². The lowest BCUT2D eigenvalue weighted by Crippen LogP contribution is -2.10. The summed E-state index contributed by atoms with van der Waals surface area (Å²) in [6.45, 7) is 3.78. The van der Waals surface area contributed by atoms with Crippen LogP contribution >= 0.6 is 27.5 Å². The maximum atomic E-state index is 9.34. The number of benzene rings is 1. The number of anilines is 1. The molecule has 0 bridgehead atoms. The van der Waals surface area contributed by atoms with Crippen LogP contribution in [0.25, 0.3) is 0 Å². The van der Waals surface area contributed by atoms with Crippen LogP contribution in [0.15, 0.2) is 22.7 Å². The van der Waals surface area contributed by atoms with E-state index in [2.05, 4.69) is 37.5 Å². The number of hydrogen-bond donors (Lipinski definition) is 2. The fraction of sp³-hybridized carbons (Fsp3) is 0.231. The van der Waals surface area contributed by atoms with Crippen LogP contribution in [0.2, 0.25) is 5.02 Å². The number of aromatic nitrogens is 2. The van der Waals surface area contributed by atoms with Gasteiger partial charge in [0.25, 0.3) is 0 Å². The van der Waals surface area contributed by atoms with Crippen LogP contribution in [0.4, 0.5) is 5.69 Å². The summed E-state index contributed by atoms with van der Waals surface area (Å²) in [5.41, 5.74) is 3.42. The van der Waals surface area contributed by atoms with E-state index in [0.717, 1.165) is 27.1 Å². The molecular weight excluding hydrogens is 328 g/mol. The second kappa shape index (κ2) is 5.64. The largest absolute Gasteiger partial charge is 0.366 e. The van der Waals surface area contributed by atoms with Crippen LogP contribution in [-0.4, -0.2) is 10.2 Å². The van der Waals surface area contributed by atoms with Crippen molar-refractivity contribution in [3.63, 3.8) is 0 Å². The van der Waals surface area contributed by atoms with Gasteiger partial charge >= 0.3 is 0 Å². The number of H-pyrrole nitrogens is 1. The normalized spacial score (nSPS) is 11.9. The molecule has 0 spiro atoms. The Labute approximate surface area is 124 Å². The number of hydrogen-bond acceptors (Lipinski definition) is 3. The second-order valence-corrected chi connectivity index (χ2v) is 5.44. The molecule has 0 radical (unpaired) electrons. The van der Waals surface area contributed by atoms with E-state index in [-0.39, 0.29) is 0 Å². The summed E-state index contributed by atoms with van der Waals surface area (Å²) in [5, 5.41) is 20.1. The molecule has 0 aliphatic rings. The molecule has 2 aromatic rings. The van der Waals surface area contributed by atoms with Gasteiger partial charge in [-0.05, 0) is 48.0 Å². The second-order valence-electron chi connectivity index (χ2n) is 4.18. The highest BCUT2D eigenvalue weighted by atomic mass is 79.9. The molecule has 2 rings (SSSR count). The Morgan fingerprint density at radius 2 is 2.21 bits per heavy atom. The zero-order chi connectivity index (χ0) is 14.0. The molecule has 19 heavy (non-hydrogen) atoms. The van der Waals surface area contributed by atoms with Gasteiger partial charge in [0.05, 0.1) is 16.8 Å². The molecule has 6 heteroatoms. The summed E-state index contributed by atoms with van der Waals surface area (Å²) in [6.07, 6.45) is 0. The summed E-state index contributed by atoms with van der Waals surface area (Å²) in [6, 6.07) is 7.25. The van der Waals surface area contributed by atoms with Gasteiger partial charge in [-0.15, -0.1) is 0 Å². The van der Waals surface area contributed by atoms with E-state index >= 15 is 0 Å². The molecule has 2 N–H and O–H groups in total. The number of rotatable bonds is 3. The van der Waals surface area contributed by atoms with E-state index < -0.39 is 6.04 Å². The van der Waals surface area contributed by atoms with Crippen molar-refractivity contribution in [3.8, 4) is 6.07 Å². The van der Waals surface area contributed by atoms with Crippen molar-refractivity contribution in [3.05, 3.63) is 44.6 Å².